The summed E-state index contributed by atoms with van der Waals surface area (Å²) in [6, 6.07) is 5.84. The van der Waals surface area contributed by atoms with Crippen molar-refractivity contribution >= 4 is 11.6 Å². The van der Waals surface area contributed by atoms with Crippen LogP contribution in [-0.4, -0.2) is 50.8 Å². The van der Waals surface area contributed by atoms with Gasteiger partial charge < -0.3 is 20.1 Å². The summed E-state index contributed by atoms with van der Waals surface area (Å²) in [6.07, 6.45) is 0. The Morgan fingerprint density at radius 3 is 2.57 bits per heavy atom. The van der Waals surface area contributed by atoms with Gasteiger partial charge in [-0.3, -0.25) is 14.9 Å². The van der Waals surface area contributed by atoms with E-state index in [1.54, 1.807) is 7.11 Å². The smallest absolute Gasteiger partial charge is 0.269 e. The minimum atomic E-state index is -0.465. The fourth-order valence-electron chi connectivity index (χ4n) is 1.46. The molecule has 116 valence electrons. The number of nitro groups is 1. The number of amides is 1. The van der Waals surface area contributed by atoms with Crippen molar-refractivity contribution in [1.82, 2.24) is 10.6 Å². The molecule has 1 aromatic rings. The quantitative estimate of drug-likeness (QED) is 0.366. The molecule has 0 radical (unpaired) electrons. The van der Waals surface area contributed by atoms with E-state index in [2.05, 4.69) is 10.6 Å². The van der Waals surface area contributed by atoms with Gasteiger partial charge in [0.15, 0.2) is 0 Å². The van der Waals surface area contributed by atoms with E-state index in [0.717, 1.165) is 0 Å². The molecule has 1 amide bonds. The largest absolute Gasteiger partial charge is 0.492 e. The van der Waals surface area contributed by atoms with Gasteiger partial charge >= 0.3 is 0 Å². The molecule has 0 saturated carbocycles. The third-order valence-corrected chi connectivity index (χ3v) is 2.51. The standard InChI is InChI=1S/C13H19N3O5/c1-20-8-7-15-13(17)10-14-6-9-21-12-4-2-11(3-5-12)16(18)19/h2-5,14H,6-10H2,1H3,(H,15,17). The second kappa shape index (κ2) is 9.67. The Kier molecular flexibility index (Phi) is 7.77. The summed E-state index contributed by atoms with van der Waals surface area (Å²) in [7, 11) is 1.57. The Morgan fingerprint density at radius 2 is 1.95 bits per heavy atom. The summed E-state index contributed by atoms with van der Waals surface area (Å²) in [4.78, 5) is 21.3. The molecule has 2 N–H and O–H groups in total. The number of benzene rings is 1. The maximum atomic E-state index is 11.3. The van der Waals surface area contributed by atoms with Gasteiger partial charge in [0.05, 0.1) is 18.1 Å². The van der Waals surface area contributed by atoms with E-state index in [1.165, 1.54) is 24.3 Å². The SMILES string of the molecule is COCCNC(=O)CNCCOc1ccc([N+](=O)[O-])cc1. The molecule has 0 aliphatic heterocycles. The monoisotopic (exact) mass is 297 g/mol. The number of hydrogen-bond donors (Lipinski definition) is 2. The molecule has 8 nitrogen and oxygen atoms in total. The third-order valence-electron chi connectivity index (χ3n) is 2.51. The molecule has 21 heavy (non-hydrogen) atoms. The van der Waals surface area contributed by atoms with Gasteiger partial charge in [0.1, 0.15) is 12.4 Å². The second-order valence-corrected chi connectivity index (χ2v) is 4.12. The number of ether oxygens (including phenoxy) is 2. The van der Waals surface area contributed by atoms with Crippen molar-refractivity contribution in [3.8, 4) is 5.75 Å². The second-order valence-electron chi connectivity index (χ2n) is 4.12. The molecular formula is C13H19N3O5. The van der Waals surface area contributed by atoms with E-state index in [9.17, 15) is 14.9 Å². The molecule has 0 saturated heterocycles. The Bertz CT molecular complexity index is 450. The number of hydrogen-bond acceptors (Lipinski definition) is 6. The molecule has 0 aliphatic rings. The van der Waals surface area contributed by atoms with E-state index in [4.69, 9.17) is 9.47 Å². The van der Waals surface area contributed by atoms with Crippen LogP contribution < -0.4 is 15.4 Å². The topological polar surface area (TPSA) is 103 Å². The number of methoxy groups -OCH3 is 1. The van der Waals surface area contributed by atoms with Crippen LogP contribution in [0, 0.1) is 10.1 Å². The van der Waals surface area contributed by atoms with Crippen molar-refractivity contribution in [3.63, 3.8) is 0 Å². The van der Waals surface area contributed by atoms with Crippen LogP contribution in [0.5, 0.6) is 5.75 Å². The van der Waals surface area contributed by atoms with Gasteiger partial charge in [-0.15, -0.1) is 0 Å². The molecule has 0 aliphatic carbocycles. The molecule has 0 bridgehead atoms. The number of rotatable bonds is 10. The summed E-state index contributed by atoms with van der Waals surface area (Å²) >= 11 is 0. The summed E-state index contributed by atoms with van der Waals surface area (Å²) in [6.45, 7) is 2.02. The van der Waals surface area contributed by atoms with Crippen LogP contribution in [0.4, 0.5) is 5.69 Å². The van der Waals surface area contributed by atoms with Crippen molar-refractivity contribution in [2.24, 2.45) is 0 Å². The molecule has 0 fully saturated rings. The van der Waals surface area contributed by atoms with Crippen molar-refractivity contribution in [1.29, 1.82) is 0 Å². The number of nitrogens with one attached hydrogen (secondary N) is 2. The first-order chi connectivity index (χ1) is 10.1. The fourth-order valence-corrected chi connectivity index (χ4v) is 1.46. The van der Waals surface area contributed by atoms with Gasteiger partial charge in [0.25, 0.3) is 5.69 Å². The zero-order valence-corrected chi connectivity index (χ0v) is 11.8. The number of non-ortho nitro benzene ring substituents is 1. The van der Waals surface area contributed by atoms with Crippen LogP contribution in [0.15, 0.2) is 24.3 Å². The predicted octanol–water partition coefficient (Wildman–Crippen LogP) is 0.326. The van der Waals surface area contributed by atoms with Crippen LogP contribution >= 0.6 is 0 Å². The lowest BCUT2D eigenvalue weighted by molar-refractivity contribution is -0.384. The number of nitro benzene ring substituents is 1. The Labute approximate surface area is 122 Å². The Morgan fingerprint density at radius 1 is 1.24 bits per heavy atom. The van der Waals surface area contributed by atoms with Gasteiger partial charge in [-0.05, 0) is 12.1 Å². The lowest BCUT2D eigenvalue weighted by Crippen LogP contribution is -2.36. The molecule has 1 aromatic carbocycles. The van der Waals surface area contributed by atoms with Crippen molar-refractivity contribution in [3.05, 3.63) is 34.4 Å². The average molecular weight is 297 g/mol. The highest BCUT2D eigenvalue weighted by molar-refractivity contribution is 5.77. The normalized spacial score (nSPS) is 10.1. The molecule has 1 rings (SSSR count). The van der Waals surface area contributed by atoms with Gasteiger partial charge in [-0.1, -0.05) is 0 Å². The highest BCUT2D eigenvalue weighted by Crippen LogP contribution is 2.16. The first kappa shape index (κ1) is 16.9. The molecule has 0 heterocycles. The minimum absolute atomic E-state index is 0.0215. The van der Waals surface area contributed by atoms with Crippen LogP contribution in [0.25, 0.3) is 0 Å². The molecular weight excluding hydrogens is 278 g/mol. The van der Waals surface area contributed by atoms with Gasteiger partial charge in [0.2, 0.25) is 5.91 Å². The van der Waals surface area contributed by atoms with Crippen LogP contribution in [0.2, 0.25) is 0 Å². The van der Waals surface area contributed by atoms with E-state index >= 15 is 0 Å². The van der Waals surface area contributed by atoms with E-state index in [1.807, 2.05) is 0 Å². The molecule has 0 unspecified atom stereocenters. The number of carbonyl (C=O) groups excluding carboxylic acids is 1. The van der Waals surface area contributed by atoms with Crippen LogP contribution in [0.1, 0.15) is 0 Å². The summed E-state index contributed by atoms with van der Waals surface area (Å²) < 4.78 is 10.2. The van der Waals surface area contributed by atoms with Crippen molar-refractivity contribution < 1.29 is 19.2 Å². The zero-order chi connectivity index (χ0) is 15.5. The first-order valence-corrected chi connectivity index (χ1v) is 6.47. The highest BCUT2D eigenvalue weighted by atomic mass is 16.6. The lowest BCUT2D eigenvalue weighted by Gasteiger charge is -2.08. The molecule has 8 heteroatoms. The lowest BCUT2D eigenvalue weighted by atomic mass is 10.3. The zero-order valence-electron chi connectivity index (χ0n) is 11.8. The van der Waals surface area contributed by atoms with Gasteiger partial charge in [-0.25, -0.2) is 0 Å². The highest BCUT2D eigenvalue weighted by Gasteiger charge is 2.04. The van der Waals surface area contributed by atoms with E-state index in [-0.39, 0.29) is 18.1 Å². The summed E-state index contributed by atoms with van der Waals surface area (Å²) in [5, 5.41) is 16.1. The Hall–Kier alpha value is -2.19. The van der Waals surface area contributed by atoms with Crippen LogP contribution in [-0.2, 0) is 9.53 Å². The van der Waals surface area contributed by atoms with E-state index in [0.29, 0.717) is 32.1 Å². The minimum Gasteiger partial charge on any atom is -0.492 e. The summed E-state index contributed by atoms with van der Waals surface area (Å²) in [5.74, 6) is 0.439. The van der Waals surface area contributed by atoms with Crippen molar-refractivity contribution in [2.75, 3.05) is 40.0 Å². The third kappa shape index (κ3) is 7.23. The van der Waals surface area contributed by atoms with E-state index < -0.39 is 4.92 Å². The van der Waals surface area contributed by atoms with Gasteiger partial charge in [-0.2, -0.15) is 0 Å². The first-order valence-electron chi connectivity index (χ1n) is 6.47. The molecule has 0 atom stereocenters. The number of carbonyl (C=O) groups is 1. The van der Waals surface area contributed by atoms with Gasteiger partial charge in [0, 0.05) is 32.3 Å². The predicted molar refractivity (Wildman–Crippen MR) is 76.3 cm³/mol. The molecule has 0 aromatic heterocycles. The van der Waals surface area contributed by atoms with Crippen molar-refractivity contribution in [2.45, 2.75) is 0 Å². The summed E-state index contributed by atoms with van der Waals surface area (Å²) in [5.41, 5.74) is 0.0215. The molecule has 0 spiro atoms. The number of nitrogens with zero attached hydrogens (tertiary/aromatic N) is 1. The maximum Gasteiger partial charge on any atom is 0.269 e. The average Bonchev–Trinajstić information content (AvgIpc) is 2.47. The Balaban J connectivity index is 2.11. The maximum absolute atomic E-state index is 11.3. The fraction of sp³-hybridized carbons (Fsp3) is 0.462. The van der Waals surface area contributed by atoms with Crippen LogP contribution in [0.3, 0.4) is 0 Å².